The lowest BCUT2D eigenvalue weighted by atomic mass is 10.0. The molecule has 5 nitrogen and oxygen atoms in total. The number of fused-ring (bicyclic) bond motifs is 1. The molecule has 3 rings (SSSR count). The number of primary amides is 1. The number of aromatic amines is 1. The van der Waals surface area contributed by atoms with Crippen molar-refractivity contribution in [3.8, 4) is 0 Å². The fraction of sp³-hybridized carbons (Fsp3) is 0.471. The van der Waals surface area contributed by atoms with Crippen molar-refractivity contribution in [1.29, 1.82) is 0 Å². The maximum atomic E-state index is 11.3. The number of piperidine rings is 1. The standard InChI is InChI=1S/C17H24N4O/c1-10-11(2)20-17-12(8-15(18)22)5-6-14(16(10)17)21-13-4-3-7-19-9-13/h5-6,13,19-21H,3-4,7-9H2,1-2H3,(H2,18,22). The number of benzene rings is 1. The van der Waals surface area contributed by atoms with Crippen LogP contribution in [0, 0.1) is 13.8 Å². The van der Waals surface area contributed by atoms with E-state index in [0.717, 1.165) is 35.6 Å². The second kappa shape index (κ2) is 6.01. The summed E-state index contributed by atoms with van der Waals surface area (Å²) in [7, 11) is 0. The Balaban J connectivity index is 2.01. The minimum Gasteiger partial charge on any atom is -0.380 e. The third kappa shape index (κ3) is 2.81. The minimum absolute atomic E-state index is 0.265. The molecule has 1 aromatic carbocycles. The van der Waals surface area contributed by atoms with Crippen molar-refractivity contribution in [2.75, 3.05) is 18.4 Å². The van der Waals surface area contributed by atoms with Gasteiger partial charge in [-0.3, -0.25) is 4.79 Å². The summed E-state index contributed by atoms with van der Waals surface area (Å²) in [4.78, 5) is 14.7. The van der Waals surface area contributed by atoms with Gasteiger partial charge in [0.25, 0.3) is 0 Å². The van der Waals surface area contributed by atoms with Crippen molar-refractivity contribution in [2.45, 2.75) is 39.2 Å². The van der Waals surface area contributed by atoms with Crippen molar-refractivity contribution in [1.82, 2.24) is 10.3 Å². The normalized spacial score (nSPS) is 18.5. The molecular weight excluding hydrogens is 276 g/mol. The third-order valence-electron chi connectivity index (χ3n) is 4.56. The molecule has 22 heavy (non-hydrogen) atoms. The van der Waals surface area contributed by atoms with Gasteiger partial charge in [-0.05, 0) is 50.4 Å². The zero-order valence-electron chi connectivity index (χ0n) is 13.3. The third-order valence-corrected chi connectivity index (χ3v) is 4.56. The van der Waals surface area contributed by atoms with Gasteiger partial charge in [-0.25, -0.2) is 0 Å². The SMILES string of the molecule is Cc1[nH]c2c(CC(N)=O)ccc(NC3CCCNC3)c2c1C. The quantitative estimate of drug-likeness (QED) is 0.697. The molecule has 0 saturated carbocycles. The van der Waals surface area contributed by atoms with Crippen LogP contribution in [0.3, 0.4) is 0 Å². The lowest BCUT2D eigenvalue weighted by Gasteiger charge is -2.25. The maximum Gasteiger partial charge on any atom is 0.221 e. The first-order valence-corrected chi connectivity index (χ1v) is 7.92. The second-order valence-electron chi connectivity index (χ2n) is 6.23. The second-order valence-corrected chi connectivity index (χ2v) is 6.23. The summed E-state index contributed by atoms with van der Waals surface area (Å²) in [5, 5.41) is 8.27. The molecule has 1 aromatic heterocycles. The molecule has 0 radical (unpaired) electrons. The average Bonchev–Trinajstić information content (AvgIpc) is 2.79. The molecule has 5 heteroatoms. The molecule has 118 valence electrons. The Morgan fingerprint density at radius 3 is 2.91 bits per heavy atom. The summed E-state index contributed by atoms with van der Waals surface area (Å²) in [6.45, 7) is 6.28. The predicted molar refractivity (Wildman–Crippen MR) is 90.2 cm³/mol. The van der Waals surface area contributed by atoms with Crippen molar-refractivity contribution < 1.29 is 4.79 Å². The van der Waals surface area contributed by atoms with E-state index in [4.69, 9.17) is 5.73 Å². The summed E-state index contributed by atoms with van der Waals surface area (Å²) in [6.07, 6.45) is 2.65. The number of rotatable bonds is 4. The van der Waals surface area contributed by atoms with E-state index in [-0.39, 0.29) is 12.3 Å². The van der Waals surface area contributed by atoms with Gasteiger partial charge in [0.05, 0.1) is 11.9 Å². The van der Waals surface area contributed by atoms with E-state index >= 15 is 0 Å². The highest BCUT2D eigenvalue weighted by molar-refractivity contribution is 5.99. The number of aryl methyl sites for hydroxylation is 2. The largest absolute Gasteiger partial charge is 0.380 e. The van der Waals surface area contributed by atoms with Crippen molar-refractivity contribution >= 4 is 22.5 Å². The Bertz CT molecular complexity index is 698. The van der Waals surface area contributed by atoms with Gasteiger partial charge in [0, 0.05) is 29.4 Å². The maximum absolute atomic E-state index is 11.3. The van der Waals surface area contributed by atoms with Crippen LogP contribution >= 0.6 is 0 Å². The molecule has 0 bridgehead atoms. The zero-order valence-corrected chi connectivity index (χ0v) is 13.3. The molecule has 2 heterocycles. The number of nitrogens with two attached hydrogens (primary N) is 1. The molecule has 1 aliphatic rings. The topological polar surface area (TPSA) is 82.9 Å². The highest BCUT2D eigenvalue weighted by atomic mass is 16.1. The molecule has 1 aliphatic heterocycles. The van der Waals surface area contributed by atoms with Crippen LogP contribution in [0.2, 0.25) is 0 Å². The van der Waals surface area contributed by atoms with Gasteiger partial charge in [0.2, 0.25) is 5.91 Å². The molecule has 1 atom stereocenters. The van der Waals surface area contributed by atoms with Crippen LogP contribution < -0.4 is 16.4 Å². The monoisotopic (exact) mass is 300 g/mol. The molecule has 2 aromatic rings. The van der Waals surface area contributed by atoms with Crippen molar-refractivity contribution in [2.24, 2.45) is 5.73 Å². The van der Waals surface area contributed by atoms with E-state index in [0.29, 0.717) is 6.04 Å². The first-order valence-electron chi connectivity index (χ1n) is 7.92. The summed E-state index contributed by atoms with van der Waals surface area (Å²) in [5.41, 5.74) is 10.9. The highest BCUT2D eigenvalue weighted by Crippen LogP contribution is 2.32. The molecule has 0 aliphatic carbocycles. The first-order chi connectivity index (χ1) is 10.6. The molecule has 5 N–H and O–H groups in total. The summed E-state index contributed by atoms with van der Waals surface area (Å²) in [5.74, 6) is -0.302. The van der Waals surface area contributed by atoms with Gasteiger partial charge < -0.3 is 21.4 Å². The number of carbonyl (C=O) groups excluding carboxylic acids is 1. The molecule has 1 saturated heterocycles. The van der Waals surface area contributed by atoms with Gasteiger partial charge in [-0.2, -0.15) is 0 Å². The van der Waals surface area contributed by atoms with E-state index in [9.17, 15) is 4.79 Å². The summed E-state index contributed by atoms with van der Waals surface area (Å²) < 4.78 is 0. The first kappa shape index (κ1) is 14.9. The Morgan fingerprint density at radius 2 is 2.23 bits per heavy atom. The van der Waals surface area contributed by atoms with Crippen LogP contribution in [0.5, 0.6) is 0 Å². The number of aromatic nitrogens is 1. The van der Waals surface area contributed by atoms with E-state index in [1.54, 1.807) is 0 Å². The Labute approximate surface area is 130 Å². The van der Waals surface area contributed by atoms with Crippen LogP contribution in [-0.2, 0) is 11.2 Å². The Morgan fingerprint density at radius 1 is 1.41 bits per heavy atom. The fourth-order valence-corrected chi connectivity index (χ4v) is 3.30. The van der Waals surface area contributed by atoms with Crippen molar-refractivity contribution in [3.63, 3.8) is 0 Å². The number of carbonyl (C=O) groups is 1. The minimum atomic E-state index is -0.302. The van der Waals surface area contributed by atoms with Gasteiger partial charge in [-0.15, -0.1) is 0 Å². The van der Waals surface area contributed by atoms with Gasteiger partial charge in [0.15, 0.2) is 0 Å². The Hall–Kier alpha value is -2.01. The van der Waals surface area contributed by atoms with Crippen LogP contribution in [0.15, 0.2) is 12.1 Å². The van der Waals surface area contributed by atoms with E-state index in [2.05, 4.69) is 35.5 Å². The fourth-order valence-electron chi connectivity index (χ4n) is 3.30. The van der Waals surface area contributed by atoms with Crippen LogP contribution in [0.1, 0.15) is 29.7 Å². The summed E-state index contributed by atoms with van der Waals surface area (Å²) in [6, 6.07) is 4.53. The number of amides is 1. The number of nitrogens with one attached hydrogen (secondary N) is 3. The lowest BCUT2D eigenvalue weighted by molar-refractivity contribution is -0.117. The smallest absolute Gasteiger partial charge is 0.221 e. The van der Waals surface area contributed by atoms with E-state index in [1.165, 1.54) is 23.8 Å². The molecule has 0 spiro atoms. The van der Waals surface area contributed by atoms with Gasteiger partial charge in [0.1, 0.15) is 0 Å². The number of H-pyrrole nitrogens is 1. The van der Waals surface area contributed by atoms with Crippen LogP contribution in [0.25, 0.3) is 10.9 Å². The summed E-state index contributed by atoms with van der Waals surface area (Å²) >= 11 is 0. The van der Waals surface area contributed by atoms with Gasteiger partial charge >= 0.3 is 0 Å². The van der Waals surface area contributed by atoms with Crippen LogP contribution in [0.4, 0.5) is 5.69 Å². The zero-order chi connectivity index (χ0) is 15.7. The molecule has 1 unspecified atom stereocenters. The van der Waals surface area contributed by atoms with E-state index < -0.39 is 0 Å². The highest BCUT2D eigenvalue weighted by Gasteiger charge is 2.17. The van der Waals surface area contributed by atoms with Crippen LogP contribution in [-0.4, -0.2) is 30.0 Å². The Kier molecular flexibility index (Phi) is 4.07. The van der Waals surface area contributed by atoms with Crippen molar-refractivity contribution in [3.05, 3.63) is 29.0 Å². The van der Waals surface area contributed by atoms with Gasteiger partial charge in [-0.1, -0.05) is 6.07 Å². The number of hydrogen-bond acceptors (Lipinski definition) is 3. The molecule has 1 fully saturated rings. The molecular formula is C17H24N4O. The van der Waals surface area contributed by atoms with E-state index in [1.807, 2.05) is 6.07 Å². The molecule has 1 amide bonds. The number of hydrogen-bond donors (Lipinski definition) is 4. The lowest BCUT2D eigenvalue weighted by Crippen LogP contribution is -2.38. The predicted octanol–water partition coefficient (Wildman–Crippen LogP) is 1.98. The number of anilines is 1. The average molecular weight is 300 g/mol.